The second-order valence-corrected chi connectivity index (χ2v) is 9.23. The van der Waals surface area contributed by atoms with Crippen LogP contribution in [0.2, 0.25) is 5.02 Å². The molecule has 0 spiro atoms. The summed E-state index contributed by atoms with van der Waals surface area (Å²) < 4.78 is 31.3. The molecule has 0 saturated carbocycles. The van der Waals surface area contributed by atoms with Crippen molar-refractivity contribution in [2.45, 2.75) is 19.5 Å². The van der Waals surface area contributed by atoms with Crippen LogP contribution in [0, 0.1) is 0 Å². The number of benzene rings is 2. The quantitative estimate of drug-likeness (QED) is 0.610. The number of carbonyl (C=O) groups is 2. The van der Waals surface area contributed by atoms with Crippen molar-refractivity contribution in [3.05, 3.63) is 59.1 Å². The molecular weight excluding hydrogens is 442 g/mol. The SMILES string of the molecule is CNC(=O)[C@H](C)N(Cc1cccc(Cl)c1)C(=O)CN(c1ccccc1OC)S(C)(=O)=O. The molecule has 0 aromatic heterocycles. The molecule has 0 saturated heterocycles. The van der Waals surface area contributed by atoms with Crippen LogP contribution in [0.15, 0.2) is 48.5 Å². The van der Waals surface area contributed by atoms with Crippen LogP contribution < -0.4 is 14.4 Å². The minimum Gasteiger partial charge on any atom is -0.495 e. The smallest absolute Gasteiger partial charge is 0.244 e. The van der Waals surface area contributed by atoms with Crippen molar-refractivity contribution in [3.8, 4) is 5.75 Å². The number of nitrogens with one attached hydrogen (secondary N) is 1. The van der Waals surface area contributed by atoms with Crippen LogP contribution in [0.25, 0.3) is 0 Å². The Morgan fingerprint density at radius 2 is 1.84 bits per heavy atom. The lowest BCUT2D eigenvalue weighted by Gasteiger charge is -2.31. The first-order valence-corrected chi connectivity index (χ1v) is 11.7. The van der Waals surface area contributed by atoms with Gasteiger partial charge in [0, 0.05) is 18.6 Å². The zero-order valence-corrected chi connectivity index (χ0v) is 19.4. The largest absolute Gasteiger partial charge is 0.495 e. The molecule has 0 unspecified atom stereocenters. The molecule has 0 aliphatic heterocycles. The minimum absolute atomic E-state index is 0.0809. The molecule has 2 aromatic carbocycles. The van der Waals surface area contributed by atoms with E-state index in [1.165, 1.54) is 19.1 Å². The van der Waals surface area contributed by atoms with E-state index >= 15 is 0 Å². The van der Waals surface area contributed by atoms with Gasteiger partial charge in [0.25, 0.3) is 0 Å². The van der Waals surface area contributed by atoms with E-state index < -0.39 is 28.5 Å². The van der Waals surface area contributed by atoms with E-state index in [-0.39, 0.29) is 18.1 Å². The van der Waals surface area contributed by atoms with E-state index in [1.54, 1.807) is 55.5 Å². The highest BCUT2D eigenvalue weighted by atomic mass is 35.5. The molecule has 1 N–H and O–H groups in total. The molecule has 2 aromatic rings. The number of hydrogen-bond donors (Lipinski definition) is 1. The van der Waals surface area contributed by atoms with Gasteiger partial charge in [-0.25, -0.2) is 8.42 Å². The monoisotopic (exact) mass is 467 g/mol. The number of nitrogens with zero attached hydrogens (tertiary/aromatic N) is 2. The van der Waals surface area contributed by atoms with Gasteiger partial charge in [0.15, 0.2) is 0 Å². The van der Waals surface area contributed by atoms with Gasteiger partial charge in [-0.2, -0.15) is 0 Å². The number of amides is 2. The van der Waals surface area contributed by atoms with Crippen molar-refractivity contribution < 1.29 is 22.7 Å². The van der Waals surface area contributed by atoms with Crippen LogP contribution in [-0.2, 0) is 26.2 Å². The number of halogens is 1. The van der Waals surface area contributed by atoms with Gasteiger partial charge < -0.3 is 15.0 Å². The highest BCUT2D eigenvalue weighted by Gasteiger charge is 2.30. The molecule has 2 amide bonds. The Morgan fingerprint density at radius 3 is 2.42 bits per heavy atom. The molecule has 0 heterocycles. The maximum Gasteiger partial charge on any atom is 0.244 e. The fourth-order valence-corrected chi connectivity index (χ4v) is 4.12. The van der Waals surface area contributed by atoms with Crippen molar-refractivity contribution >= 4 is 39.1 Å². The molecule has 8 nitrogen and oxygen atoms in total. The number of para-hydroxylation sites is 2. The van der Waals surface area contributed by atoms with Gasteiger partial charge >= 0.3 is 0 Å². The fourth-order valence-electron chi connectivity index (χ4n) is 3.05. The van der Waals surface area contributed by atoms with E-state index in [1.807, 2.05) is 0 Å². The zero-order chi connectivity index (χ0) is 23.2. The molecule has 1 atom stereocenters. The van der Waals surface area contributed by atoms with Crippen LogP contribution in [0.5, 0.6) is 5.75 Å². The van der Waals surface area contributed by atoms with Gasteiger partial charge in [0.2, 0.25) is 21.8 Å². The third-order valence-corrected chi connectivity index (χ3v) is 6.05. The van der Waals surface area contributed by atoms with Crippen molar-refractivity contribution in [1.29, 1.82) is 0 Å². The summed E-state index contributed by atoms with van der Waals surface area (Å²) in [5, 5.41) is 3.01. The van der Waals surface area contributed by atoms with Crippen molar-refractivity contribution in [2.75, 3.05) is 31.3 Å². The number of methoxy groups -OCH3 is 1. The average molecular weight is 468 g/mol. The second-order valence-electron chi connectivity index (χ2n) is 6.88. The van der Waals surface area contributed by atoms with Crippen molar-refractivity contribution in [3.63, 3.8) is 0 Å². The van der Waals surface area contributed by atoms with Gasteiger partial charge in [0.05, 0.1) is 19.1 Å². The maximum absolute atomic E-state index is 13.3. The first-order valence-electron chi connectivity index (χ1n) is 9.44. The van der Waals surface area contributed by atoms with Gasteiger partial charge in [-0.3, -0.25) is 13.9 Å². The van der Waals surface area contributed by atoms with E-state index in [0.29, 0.717) is 16.3 Å². The number of carbonyl (C=O) groups excluding carboxylic acids is 2. The maximum atomic E-state index is 13.3. The van der Waals surface area contributed by atoms with Gasteiger partial charge in [-0.15, -0.1) is 0 Å². The number of ether oxygens (including phenoxy) is 1. The van der Waals surface area contributed by atoms with E-state index in [2.05, 4.69) is 5.32 Å². The summed E-state index contributed by atoms with van der Waals surface area (Å²) in [6, 6.07) is 12.6. The highest BCUT2D eigenvalue weighted by Crippen LogP contribution is 2.29. The Balaban J connectivity index is 2.42. The first kappa shape index (κ1) is 24.5. The van der Waals surface area contributed by atoms with Crippen LogP contribution in [-0.4, -0.2) is 58.1 Å². The predicted molar refractivity (Wildman–Crippen MR) is 121 cm³/mol. The zero-order valence-electron chi connectivity index (χ0n) is 17.8. The number of rotatable bonds is 9. The third kappa shape index (κ3) is 6.35. The van der Waals surface area contributed by atoms with Gasteiger partial charge in [-0.05, 0) is 36.8 Å². The van der Waals surface area contributed by atoms with Gasteiger partial charge in [-0.1, -0.05) is 35.9 Å². The Kier molecular flexibility index (Phi) is 8.29. The third-order valence-electron chi connectivity index (χ3n) is 4.69. The summed E-state index contributed by atoms with van der Waals surface area (Å²) in [6.07, 6.45) is 1.01. The first-order chi connectivity index (χ1) is 14.6. The number of sulfonamides is 1. The lowest BCUT2D eigenvalue weighted by Crippen LogP contribution is -2.50. The molecule has 0 aliphatic carbocycles. The Bertz CT molecular complexity index is 1040. The lowest BCUT2D eigenvalue weighted by molar-refractivity contribution is -0.139. The fraction of sp³-hybridized carbons (Fsp3) is 0.333. The number of anilines is 1. The molecule has 0 bridgehead atoms. The molecule has 31 heavy (non-hydrogen) atoms. The summed E-state index contributed by atoms with van der Waals surface area (Å²) in [4.78, 5) is 26.9. The molecule has 0 fully saturated rings. The average Bonchev–Trinajstić information content (AvgIpc) is 2.73. The number of hydrogen-bond acceptors (Lipinski definition) is 5. The predicted octanol–water partition coefficient (Wildman–Crippen LogP) is 2.28. The molecule has 0 aliphatic rings. The number of likely N-dealkylation sites (N-methyl/N-ethyl adjacent to an activating group) is 1. The lowest BCUT2D eigenvalue weighted by atomic mass is 10.1. The summed E-state index contributed by atoms with van der Waals surface area (Å²) >= 11 is 6.05. The second kappa shape index (κ2) is 10.5. The summed E-state index contributed by atoms with van der Waals surface area (Å²) in [5.41, 5.74) is 0.941. The van der Waals surface area contributed by atoms with Crippen LogP contribution in [0.3, 0.4) is 0 Å². The van der Waals surface area contributed by atoms with Crippen LogP contribution in [0.1, 0.15) is 12.5 Å². The van der Waals surface area contributed by atoms with Crippen LogP contribution >= 0.6 is 11.6 Å². The standard InChI is InChI=1S/C21H26ClN3O5S/c1-15(21(27)23-2)24(13-16-8-7-9-17(22)12-16)20(26)14-25(31(4,28)29)18-10-5-6-11-19(18)30-3/h5-12,15H,13-14H2,1-4H3,(H,23,27)/t15-/m0/s1. The summed E-state index contributed by atoms with van der Waals surface area (Å²) in [6.45, 7) is 1.16. The topological polar surface area (TPSA) is 96.0 Å². The summed E-state index contributed by atoms with van der Waals surface area (Å²) in [7, 11) is -0.938. The van der Waals surface area contributed by atoms with Crippen LogP contribution in [0.4, 0.5) is 5.69 Å². The Morgan fingerprint density at radius 1 is 1.16 bits per heavy atom. The molecular formula is C21H26ClN3O5S. The van der Waals surface area contributed by atoms with Gasteiger partial charge in [0.1, 0.15) is 18.3 Å². The molecule has 0 radical (unpaired) electrons. The molecule has 168 valence electrons. The Labute approximate surface area is 187 Å². The van der Waals surface area contributed by atoms with Crippen molar-refractivity contribution in [1.82, 2.24) is 10.2 Å². The minimum atomic E-state index is -3.83. The summed E-state index contributed by atoms with van der Waals surface area (Å²) in [5.74, 6) is -0.618. The highest BCUT2D eigenvalue weighted by molar-refractivity contribution is 7.92. The van der Waals surface area contributed by atoms with Crippen molar-refractivity contribution in [2.24, 2.45) is 0 Å². The normalized spacial score (nSPS) is 12.0. The molecule has 10 heteroatoms. The Hall–Kier alpha value is -2.78. The van der Waals surface area contributed by atoms with E-state index in [9.17, 15) is 18.0 Å². The molecule has 2 rings (SSSR count). The van der Waals surface area contributed by atoms with E-state index in [0.717, 1.165) is 10.6 Å². The van der Waals surface area contributed by atoms with E-state index in [4.69, 9.17) is 16.3 Å².